The van der Waals surface area contributed by atoms with E-state index in [2.05, 4.69) is 18.0 Å². The zero-order valence-corrected chi connectivity index (χ0v) is 52.2. The molecule has 6 aliphatic rings. The van der Waals surface area contributed by atoms with Crippen molar-refractivity contribution < 1.29 is 72.2 Å². The normalized spacial score (nSPS) is 34.2. The Bertz CT molecular complexity index is 2700. The summed E-state index contributed by atoms with van der Waals surface area (Å²) in [5.74, 6) is -9.13. The number of carbonyl (C=O) groups excluding carboxylic acids is 6. The Morgan fingerprint density at radius 1 is 0.847 bits per heavy atom. The van der Waals surface area contributed by atoms with E-state index in [9.17, 15) is 39.0 Å². The Balaban J connectivity index is 1.17. The molecule has 18 heteroatoms. The molecule has 18 nitrogen and oxygen atoms in total. The van der Waals surface area contributed by atoms with Gasteiger partial charge in [-0.2, -0.15) is 0 Å². The van der Waals surface area contributed by atoms with Gasteiger partial charge in [-0.15, -0.1) is 0 Å². The first-order valence-corrected chi connectivity index (χ1v) is 30.9. The van der Waals surface area contributed by atoms with Crippen LogP contribution < -0.4 is 5.06 Å². The monoisotopic (exact) mass is 1180 g/mol. The quantitative estimate of drug-likeness (QED) is 0.122. The minimum absolute atomic E-state index is 0.00919. The number of esters is 2. The molecule has 3 unspecified atom stereocenters. The van der Waals surface area contributed by atoms with Crippen molar-refractivity contribution in [3.8, 4) is 0 Å². The van der Waals surface area contributed by atoms with Crippen LogP contribution in [0.4, 0.5) is 5.69 Å². The minimum Gasteiger partial charge on any atom is -0.460 e. The number of Topliss-reactive ketones (excluding diaryl/α,β-unsaturated/α-hetero) is 3. The van der Waals surface area contributed by atoms with Gasteiger partial charge >= 0.3 is 11.9 Å². The number of carbonyl (C=O) groups is 6. The number of nitrogens with zero attached hydrogens (tertiary/aromatic N) is 3. The highest BCUT2D eigenvalue weighted by Gasteiger charge is 2.53. The molecule has 1 aromatic carbocycles. The van der Waals surface area contributed by atoms with Gasteiger partial charge in [-0.1, -0.05) is 77.1 Å². The Labute approximate surface area is 503 Å². The lowest BCUT2D eigenvalue weighted by atomic mass is 9.78. The largest absolute Gasteiger partial charge is 0.460 e. The van der Waals surface area contributed by atoms with Crippen LogP contribution in [0.15, 0.2) is 90.2 Å². The number of ketones is 3. The number of anilines is 1. The molecular weight excluding hydrogens is 1090 g/mol. The second-order valence-corrected chi connectivity index (χ2v) is 25.7. The molecule has 85 heavy (non-hydrogen) atoms. The molecule has 2 aromatic rings. The zero-order chi connectivity index (χ0) is 61.9. The third kappa shape index (κ3) is 16.6. The van der Waals surface area contributed by atoms with Crippen LogP contribution in [0.3, 0.4) is 0 Å². The average Bonchev–Trinajstić information content (AvgIpc) is 1.98. The summed E-state index contributed by atoms with van der Waals surface area (Å²) < 4.78 is 36.6. The Kier molecular flexibility index (Phi) is 23.6. The van der Waals surface area contributed by atoms with Gasteiger partial charge < -0.3 is 43.5 Å². The predicted octanol–water partition coefficient (Wildman–Crippen LogP) is 9.03. The van der Waals surface area contributed by atoms with Crippen molar-refractivity contribution in [2.75, 3.05) is 32.9 Å². The topological polar surface area (TPSA) is 227 Å². The van der Waals surface area contributed by atoms with Crippen molar-refractivity contribution in [2.24, 2.45) is 40.9 Å². The van der Waals surface area contributed by atoms with Gasteiger partial charge in [0, 0.05) is 76.8 Å². The van der Waals surface area contributed by atoms with Crippen molar-refractivity contribution in [1.29, 1.82) is 0 Å². The van der Waals surface area contributed by atoms with Crippen molar-refractivity contribution in [2.45, 2.75) is 212 Å². The van der Waals surface area contributed by atoms with E-state index < -0.39 is 107 Å². The SMILES string of the molecule is CO[C@H]1C[C@@H]2CC[C@@H](C)[C@@](O)(O2)C(=O)C(=O)N2CCCC[C@H]2C(=O)O[C@H]([C@H](C)C[C@@H]2CC[C@@H](OC(=O)C(C)(C)Cc3ccccn3)[C@H](OC)C2)CC(=O)C(C)=CC(C)[C@@H](O)[C@@H](OC)C(=O)[C@H](C)C[C@H](C)C2C=CC(C=C1C)ON2c1ccccc1. The molecule has 2 saturated heterocycles. The molecular formula is C67H95N3O15. The molecule has 6 heterocycles. The van der Waals surface area contributed by atoms with E-state index in [4.69, 9.17) is 33.3 Å². The van der Waals surface area contributed by atoms with Crippen LogP contribution in [0, 0.1) is 40.9 Å². The predicted molar refractivity (Wildman–Crippen MR) is 319 cm³/mol. The first kappa shape index (κ1) is 67.0. The van der Waals surface area contributed by atoms with Gasteiger partial charge in [0.15, 0.2) is 11.6 Å². The van der Waals surface area contributed by atoms with Crippen molar-refractivity contribution in [1.82, 2.24) is 9.88 Å². The molecule has 4 bridgehead atoms. The summed E-state index contributed by atoms with van der Waals surface area (Å²) in [5.41, 5.74) is 1.82. The van der Waals surface area contributed by atoms with E-state index in [1.807, 2.05) is 100 Å². The highest BCUT2D eigenvalue weighted by atomic mass is 16.7. The number of fused-ring (bicyclic) bond motifs is 16. The maximum atomic E-state index is 14.8. The van der Waals surface area contributed by atoms with E-state index in [1.165, 1.54) is 12.0 Å². The zero-order valence-electron chi connectivity index (χ0n) is 52.2. The second kappa shape index (κ2) is 30.0. The van der Waals surface area contributed by atoms with Crippen molar-refractivity contribution >= 4 is 40.9 Å². The highest BCUT2D eigenvalue weighted by Crippen LogP contribution is 2.40. The first-order valence-electron chi connectivity index (χ1n) is 30.9. The van der Waals surface area contributed by atoms with Crippen molar-refractivity contribution in [3.63, 3.8) is 0 Å². The molecule has 1 saturated carbocycles. The summed E-state index contributed by atoms with van der Waals surface area (Å²) >= 11 is 0. The van der Waals surface area contributed by atoms with Gasteiger partial charge in [0.25, 0.3) is 11.7 Å². The lowest BCUT2D eigenvalue weighted by Crippen LogP contribution is -2.61. The Morgan fingerprint density at radius 3 is 2.26 bits per heavy atom. The molecule has 17 atom stereocenters. The number of aromatic nitrogens is 1. The average molecular weight is 1180 g/mol. The fraction of sp³-hybridized carbons (Fsp3) is 0.657. The summed E-state index contributed by atoms with van der Waals surface area (Å²) in [4.78, 5) is 98.9. The number of hydrogen-bond donors (Lipinski definition) is 2. The summed E-state index contributed by atoms with van der Waals surface area (Å²) in [6.45, 7) is 16.4. The van der Waals surface area contributed by atoms with Crippen LogP contribution in [-0.4, -0.2) is 150 Å². The molecule has 3 fully saturated rings. The van der Waals surface area contributed by atoms with E-state index in [0.717, 1.165) is 17.0 Å². The lowest BCUT2D eigenvalue weighted by Gasteiger charge is -2.43. The number of hydroxylamine groups is 1. The van der Waals surface area contributed by atoms with Gasteiger partial charge in [0.2, 0.25) is 5.79 Å². The van der Waals surface area contributed by atoms with Crippen LogP contribution in [-0.2, 0) is 68.4 Å². The maximum absolute atomic E-state index is 14.8. The van der Waals surface area contributed by atoms with Crippen LogP contribution in [0.2, 0.25) is 0 Å². The number of aliphatic hydroxyl groups is 2. The summed E-state index contributed by atoms with van der Waals surface area (Å²) in [6, 6.07) is 13.8. The number of amides is 1. The summed E-state index contributed by atoms with van der Waals surface area (Å²) in [7, 11) is 4.55. The molecule has 0 spiro atoms. The molecule has 2 N–H and O–H groups in total. The number of rotatable bonds is 11. The maximum Gasteiger partial charge on any atom is 0.329 e. The number of benzene rings is 1. The molecule has 0 radical (unpaired) electrons. The number of pyridine rings is 1. The number of aliphatic hydroxyl groups excluding tert-OH is 1. The first-order chi connectivity index (χ1) is 40.4. The molecule has 1 aromatic heterocycles. The van der Waals surface area contributed by atoms with E-state index in [-0.39, 0.29) is 66.8 Å². The van der Waals surface area contributed by atoms with E-state index >= 15 is 0 Å². The number of para-hydroxylation sites is 1. The summed E-state index contributed by atoms with van der Waals surface area (Å²) in [6.07, 6.45) is 8.09. The lowest BCUT2D eigenvalue weighted by molar-refractivity contribution is -0.265. The second-order valence-electron chi connectivity index (χ2n) is 25.7. The number of methoxy groups -OCH3 is 3. The van der Waals surface area contributed by atoms with Crippen LogP contribution in [0.5, 0.6) is 0 Å². The van der Waals surface area contributed by atoms with Gasteiger partial charge in [-0.05, 0) is 151 Å². The van der Waals surface area contributed by atoms with Gasteiger partial charge in [0.1, 0.15) is 30.5 Å². The molecule has 8 rings (SSSR count). The minimum atomic E-state index is -2.50. The van der Waals surface area contributed by atoms with E-state index in [0.29, 0.717) is 64.2 Å². The fourth-order valence-corrected chi connectivity index (χ4v) is 13.2. The number of hydrogen-bond acceptors (Lipinski definition) is 17. The Hall–Kier alpha value is -5.47. The van der Waals surface area contributed by atoms with Gasteiger partial charge in [0.05, 0.1) is 41.6 Å². The smallest absolute Gasteiger partial charge is 0.329 e. The third-order valence-electron chi connectivity index (χ3n) is 18.6. The van der Waals surface area contributed by atoms with Crippen LogP contribution in [0.25, 0.3) is 0 Å². The number of piperidine rings is 1. The molecule has 5 aliphatic heterocycles. The molecule has 468 valence electrons. The standard InChI is InChI=1S/C67H95N3O15/c1-40-32-44(5)59(72)61(81-12)60(73)45(6)33-41(2)54(71)38-57(42(3)34-47-25-29-55(58(36-47)80-11)83-65(77)66(8,9)39-48-20-16-18-30-68-48)82-64(76)53-23-17-19-31-69(53)63(75)62(74)67(78)46(7)24-26-50(84-67)37-56(79-10)43(4)35-51-27-28-52(40)70(85-51)49-21-14-13-15-22-49/h13-16,18,20-22,27-28,30,33,35,40,42,44-47,50-53,55-58,60-61,73,78H,17,19,23-26,29,31-32,34,36-39H2,1-12H3/t40-,42+,44+,45?,46+,47-,50-,51?,52?,53-,55+,56-,57-,58+,60+,61-,67+/m0/s1. The van der Waals surface area contributed by atoms with Crippen LogP contribution in [0.1, 0.15) is 145 Å². The van der Waals surface area contributed by atoms with E-state index in [1.54, 1.807) is 47.3 Å². The van der Waals surface area contributed by atoms with Gasteiger partial charge in [-0.3, -0.25) is 33.8 Å². The fourth-order valence-electron chi connectivity index (χ4n) is 13.2. The Morgan fingerprint density at radius 2 is 1.58 bits per heavy atom. The number of allylic oxidation sites excluding steroid dienone is 1. The van der Waals surface area contributed by atoms with Crippen LogP contribution >= 0.6 is 0 Å². The highest BCUT2D eigenvalue weighted by molar-refractivity contribution is 6.39. The third-order valence-corrected chi connectivity index (χ3v) is 18.6. The summed E-state index contributed by atoms with van der Waals surface area (Å²) in [5, 5.41) is 26.0. The molecule has 1 amide bonds. The molecule has 1 aliphatic carbocycles. The van der Waals surface area contributed by atoms with Crippen molar-refractivity contribution in [3.05, 3.63) is 95.9 Å². The number of ether oxygens (including phenoxy) is 6. The van der Waals surface area contributed by atoms with Gasteiger partial charge in [-0.25, -0.2) is 9.86 Å².